The average Bonchev–Trinajstić information content (AvgIpc) is 2.37. The molecule has 0 heterocycles. The van der Waals surface area contributed by atoms with E-state index in [1.54, 1.807) is 31.2 Å². The maximum atomic E-state index is 11.4. The molecular weight excluding hydrogens is 232 g/mol. The first-order chi connectivity index (χ1) is 8.65. The Kier molecular flexibility index (Phi) is 5.68. The molecule has 0 radical (unpaired) electrons. The topological polar surface area (TPSA) is 82.3 Å². The number of carbonyl (C=O) groups is 1. The predicted octanol–water partition coefficient (Wildman–Crippen LogP) is 1.15. The largest absolute Gasteiger partial charge is 0.483 e. The highest BCUT2D eigenvalue weighted by Gasteiger charge is 2.09. The van der Waals surface area contributed by atoms with Crippen LogP contribution >= 0.6 is 0 Å². The van der Waals surface area contributed by atoms with Crippen LogP contribution in [-0.2, 0) is 4.79 Å². The van der Waals surface area contributed by atoms with Gasteiger partial charge in [-0.15, -0.1) is 0 Å². The number of aliphatic hydroxyl groups is 1. The Bertz CT molecular complexity index is 438. The molecule has 0 unspecified atom stereocenters. The smallest absolute Gasteiger partial charge is 0.257 e. The van der Waals surface area contributed by atoms with Crippen molar-refractivity contribution in [3.63, 3.8) is 0 Å². The zero-order chi connectivity index (χ0) is 13.4. The molecule has 18 heavy (non-hydrogen) atoms. The van der Waals surface area contributed by atoms with Gasteiger partial charge >= 0.3 is 0 Å². The lowest BCUT2D eigenvalue weighted by molar-refractivity contribution is -0.123. The van der Waals surface area contributed by atoms with E-state index in [4.69, 9.17) is 10.00 Å². The monoisotopic (exact) mass is 248 g/mol. The zero-order valence-electron chi connectivity index (χ0n) is 10.2. The van der Waals surface area contributed by atoms with E-state index in [1.807, 2.05) is 6.07 Å². The Balaban J connectivity index is 2.48. The van der Waals surface area contributed by atoms with Crippen LogP contribution in [0.1, 0.15) is 25.0 Å². The summed E-state index contributed by atoms with van der Waals surface area (Å²) in [6.45, 7) is 1.82. The van der Waals surface area contributed by atoms with Gasteiger partial charge in [-0.3, -0.25) is 4.79 Å². The van der Waals surface area contributed by atoms with Crippen LogP contribution in [0.4, 0.5) is 0 Å². The van der Waals surface area contributed by atoms with Crippen LogP contribution in [0.2, 0.25) is 0 Å². The summed E-state index contributed by atoms with van der Waals surface area (Å²) < 4.78 is 5.34. The normalized spacial score (nSPS) is 11.4. The van der Waals surface area contributed by atoms with Gasteiger partial charge in [-0.2, -0.15) is 5.26 Å². The molecule has 96 valence electrons. The Morgan fingerprint density at radius 1 is 1.56 bits per heavy atom. The van der Waals surface area contributed by atoms with Gasteiger partial charge in [0.05, 0.1) is 18.6 Å². The highest BCUT2D eigenvalue weighted by atomic mass is 16.5. The number of nitriles is 1. The lowest BCUT2D eigenvalue weighted by atomic mass is 10.1. The molecule has 5 heteroatoms. The molecule has 0 aliphatic carbocycles. The highest BCUT2D eigenvalue weighted by Crippen LogP contribution is 2.24. The molecule has 0 aliphatic heterocycles. The first-order valence-corrected chi connectivity index (χ1v) is 5.68. The van der Waals surface area contributed by atoms with Crippen LogP contribution in [0.3, 0.4) is 0 Å². The summed E-state index contributed by atoms with van der Waals surface area (Å²) >= 11 is 0. The summed E-state index contributed by atoms with van der Waals surface area (Å²) in [6, 6.07) is 8.94. The number of nitrogens with one attached hydrogen (secondary N) is 1. The van der Waals surface area contributed by atoms with Crippen LogP contribution in [0.5, 0.6) is 5.75 Å². The van der Waals surface area contributed by atoms with Crippen molar-refractivity contribution >= 4 is 5.91 Å². The number of hydrogen-bond donors (Lipinski definition) is 2. The van der Waals surface area contributed by atoms with E-state index < -0.39 is 6.10 Å². The van der Waals surface area contributed by atoms with Crippen LogP contribution in [-0.4, -0.2) is 24.2 Å². The molecule has 0 saturated heterocycles. The van der Waals surface area contributed by atoms with Crippen molar-refractivity contribution in [2.45, 2.75) is 19.4 Å². The fourth-order valence-corrected chi connectivity index (χ4v) is 1.41. The van der Waals surface area contributed by atoms with Gasteiger partial charge in [-0.1, -0.05) is 18.2 Å². The van der Waals surface area contributed by atoms with Gasteiger partial charge in [0.2, 0.25) is 0 Å². The number of amides is 1. The maximum absolute atomic E-state index is 11.4. The Morgan fingerprint density at radius 3 is 2.94 bits per heavy atom. The highest BCUT2D eigenvalue weighted by molar-refractivity contribution is 5.77. The van der Waals surface area contributed by atoms with Crippen LogP contribution in [0.15, 0.2) is 24.3 Å². The van der Waals surface area contributed by atoms with Crippen molar-refractivity contribution < 1.29 is 14.6 Å². The molecule has 5 nitrogen and oxygen atoms in total. The van der Waals surface area contributed by atoms with Crippen molar-refractivity contribution in [2.75, 3.05) is 13.2 Å². The van der Waals surface area contributed by atoms with E-state index in [1.165, 1.54) is 0 Å². The number of aliphatic hydroxyl groups excluding tert-OH is 1. The van der Waals surface area contributed by atoms with Gasteiger partial charge in [0.25, 0.3) is 5.91 Å². The zero-order valence-corrected chi connectivity index (χ0v) is 10.2. The molecular formula is C13H16N2O3. The summed E-state index contributed by atoms with van der Waals surface area (Å²) in [6.07, 6.45) is -0.376. The molecule has 1 aromatic rings. The lowest BCUT2D eigenvalue weighted by Crippen LogP contribution is -2.29. The molecule has 2 N–H and O–H groups in total. The van der Waals surface area contributed by atoms with E-state index in [0.29, 0.717) is 17.9 Å². The van der Waals surface area contributed by atoms with Crippen molar-refractivity contribution in [2.24, 2.45) is 0 Å². The number of para-hydroxylation sites is 1. The second-order valence-corrected chi connectivity index (χ2v) is 3.76. The van der Waals surface area contributed by atoms with Crippen molar-refractivity contribution in [3.8, 4) is 11.8 Å². The molecule has 1 atom stereocenters. The fraction of sp³-hybridized carbons (Fsp3) is 0.385. The Labute approximate surface area is 106 Å². The third-order valence-corrected chi connectivity index (χ3v) is 2.29. The van der Waals surface area contributed by atoms with E-state index >= 15 is 0 Å². The minimum Gasteiger partial charge on any atom is -0.483 e. The standard InChI is InChI=1S/C13H16N2O3/c1-10(16)11-5-2-3-6-12(11)18-9-13(17)15-8-4-7-14/h2-3,5-6,10,16H,4,8-9H2,1H3,(H,15,17)/t10-/m0/s1. The van der Waals surface area contributed by atoms with Crippen molar-refractivity contribution in [1.82, 2.24) is 5.32 Å². The summed E-state index contributed by atoms with van der Waals surface area (Å²) in [5.74, 6) is 0.202. The lowest BCUT2D eigenvalue weighted by Gasteiger charge is -2.12. The first-order valence-electron chi connectivity index (χ1n) is 5.68. The van der Waals surface area contributed by atoms with Crippen LogP contribution < -0.4 is 10.1 Å². The van der Waals surface area contributed by atoms with Gasteiger partial charge in [0, 0.05) is 12.1 Å². The molecule has 1 rings (SSSR count). The third kappa shape index (κ3) is 4.44. The fourth-order valence-electron chi connectivity index (χ4n) is 1.41. The van der Waals surface area contributed by atoms with Crippen molar-refractivity contribution in [3.05, 3.63) is 29.8 Å². The molecule has 0 aliphatic rings. The summed E-state index contributed by atoms with van der Waals surface area (Å²) in [4.78, 5) is 11.4. The van der Waals surface area contributed by atoms with Gasteiger partial charge in [0.15, 0.2) is 6.61 Å². The van der Waals surface area contributed by atoms with Crippen molar-refractivity contribution in [1.29, 1.82) is 5.26 Å². The number of hydrogen-bond acceptors (Lipinski definition) is 4. The number of carbonyl (C=O) groups excluding carboxylic acids is 1. The van der Waals surface area contributed by atoms with E-state index in [2.05, 4.69) is 5.32 Å². The minimum atomic E-state index is -0.650. The second kappa shape index (κ2) is 7.30. The molecule has 1 aromatic carbocycles. The van der Waals surface area contributed by atoms with E-state index in [9.17, 15) is 9.90 Å². The molecule has 0 saturated carbocycles. The quantitative estimate of drug-likeness (QED) is 0.740. The average molecular weight is 248 g/mol. The number of nitrogens with zero attached hydrogens (tertiary/aromatic N) is 1. The van der Waals surface area contributed by atoms with E-state index in [-0.39, 0.29) is 18.9 Å². The molecule has 0 aromatic heterocycles. The van der Waals surface area contributed by atoms with Crippen LogP contribution in [0, 0.1) is 11.3 Å². The first kappa shape index (κ1) is 14.0. The molecule has 1 amide bonds. The summed E-state index contributed by atoms with van der Waals surface area (Å²) in [5, 5.41) is 20.4. The number of benzene rings is 1. The Morgan fingerprint density at radius 2 is 2.28 bits per heavy atom. The van der Waals surface area contributed by atoms with E-state index in [0.717, 1.165) is 0 Å². The molecule has 0 spiro atoms. The number of ether oxygens (including phenoxy) is 1. The van der Waals surface area contributed by atoms with Gasteiger partial charge in [0.1, 0.15) is 5.75 Å². The maximum Gasteiger partial charge on any atom is 0.257 e. The molecule has 0 fully saturated rings. The van der Waals surface area contributed by atoms with Gasteiger partial charge in [-0.25, -0.2) is 0 Å². The number of rotatable bonds is 6. The predicted molar refractivity (Wildman–Crippen MR) is 65.8 cm³/mol. The van der Waals surface area contributed by atoms with Gasteiger partial charge < -0.3 is 15.2 Å². The third-order valence-electron chi connectivity index (χ3n) is 2.29. The van der Waals surface area contributed by atoms with Crippen LogP contribution in [0.25, 0.3) is 0 Å². The minimum absolute atomic E-state index is 0.130. The SMILES string of the molecule is C[C@H](O)c1ccccc1OCC(=O)NCCC#N. The van der Waals surface area contributed by atoms with Gasteiger partial charge in [-0.05, 0) is 13.0 Å². The summed E-state index contributed by atoms with van der Waals surface area (Å²) in [7, 11) is 0. The summed E-state index contributed by atoms with van der Waals surface area (Å²) in [5.41, 5.74) is 0.641. The second-order valence-electron chi connectivity index (χ2n) is 3.76. The Hall–Kier alpha value is -2.06. The molecule has 0 bridgehead atoms.